The third-order valence-electron chi connectivity index (χ3n) is 2.49. The number of benzene rings is 1. The predicted octanol–water partition coefficient (Wildman–Crippen LogP) is 3.31. The molecule has 0 radical (unpaired) electrons. The van der Waals surface area contributed by atoms with Crippen molar-refractivity contribution in [2.24, 2.45) is 0 Å². The Morgan fingerprint density at radius 3 is 2.84 bits per heavy atom. The normalized spacial score (nSPS) is 10.4. The van der Waals surface area contributed by atoms with Gasteiger partial charge >= 0.3 is 5.97 Å². The monoisotopic (exact) mass is 294 g/mol. The van der Waals surface area contributed by atoms with Crippen molar-refractivity contribution in [3.63, 3.8) is 0 Å². The Hall–Kier alpha value is -1.72. The van der Waals surface area contributed by atoms with Crippen LogP contribution in [0.1, 0.15) is 15.9 Å². The molecule has 0 amide bonds. The number of anilines is 1. The first kappa shape index (κ1) is 13.7. The second-order valence-corrected chi connectivity index (χ2v) is 5.14. The highest BCUT2D eigenvalue weighted by Gasteiger charge is 2.14. The molecule has 4 nitrogen and oxygen atoms in total. The molecule has 1 aromatic carbocycles. The molecule has 0 atom stereocenters. The van der Waals surface area contributed by atoms with Gasteiger partial charge in [0.1, 0.15) is 5.03 Å². The van der Waals surface area contributed by atoms with Gasteiger partial charge in [0, 0.05) is 17.6 Å². The number of aromatic carboxylic acids is 1. The van der Waals surface area contributed by atoms with Gasteiger partial charge in [0.15, 0.2) is 0 Å². The molecule has 0 bridgehead atoms. The highest BCUT2D eigenvalue weighted by Crippen LogP contribution is 2.29. The largest absolute Gasteiger partial charge is 0.478 e. The summed E-state index contributed by atoms with van der Waals surface area (Å²) in [4.78, 5) is 15.3. The lowest BCUT2D eigenvalue weighted by Crippen LogP contribution is -2.06. The lowest BCUT2D eigenvalue weighted by atomic mass is 10.1. The molecule has 1 heterocycles. The lowest BCUT2D eigenvalue weighted by Gasteiger charge is -2.08. The Morgan fingerprint density at radius 1 is 1.37 bits per heavy atom. The van der Waals surface area contributed by atoms with Gasteiger partial charge in [-0.15, -0.1) is 11.8 Å². The Bertz CT molecular complexity index is 619. The third-order valence-corrected chi connectivity index (χ3v) is 3.96. The number of nitrogens with two attached hydrogens (primary N) is 1. The zero-order valence-corrected chi connectivity index (χ0v) is 11.4. The van der Waals surface area contributed by atoms with Gasteiger partial charge in [-0.05, 0) is 23.8 Å². The fraction of sp³-hybridized carbons (Fsp3) is 0.0769. The van der Waals surface area contributed by atoms with Crippen molar-refractivity contribution in [1.82, 2.24) is 4.98 Å². The second kappa shape index (κ2) is 5.95. The summed E-state index contributed by atoms with van der Waals surface area (Å²) >= 11 is 7.38. The van der Waals surface area contributed by atoms with Crippen LogP contribution in [0.15, 0.2) is 41.6 Å². The number of pyridine rings is 1. The lowest BCUT2D eigenvalue weighted by molar-refractivity contribution is 0.0697. The average Bonchev–Trinajstić information content (AvgIpc) is 2.37. The van der Waals surface area contributed by atoms with Crippen LogP contribution in [0.2, 0.25) is 5.02 Å². The average molecular weight is 295 g/mol. The van der Waals surface area contributed by atoms with Crippen LogP contribution >= 0.6 is 23.4 Å². The zero-order valence-electron chi connectivity index (χ0n) is 9.84. The summed E-state index contributed by atoms with van der Waals surface area (Å²) in [6.45, 7) is 0. The number of hydrogen-bond donors (Lipinski definition) is 2. The maximum absolute atomic E-state index is 11.2. The van der Waals surface area contributed by atoms with Gasteiger partial charge in [-0.25, -0.2) is 9.78 Å². The highest BCUT2D eigenvalue weighted by molar-refractivity contribution is 7.98. The molecule has 0 fully saturated rings. The molecule has 0 unspecified atom stereocenters. The van der Waals surface area contributed by atoms with E-state index in [1.165, 1.54) is 11.8 Å². The topological polar surface area (TPSA) is 76.2 Å². The van der Waals surface area contributed by atoms with Gasteiger partial charge in [-0.3, -0.25) is 0 Å². The van der Waals surface area contributed by atoms with E-state index in [-0.39, 0.29) is 11.3 Å². The Morgan fingerprint density at radius 2 is 2.16 bits per heavy atom. The third kappa shape index (κ3) is 3.19. The van der Waals surface area contributed by atoms with Crippen LogP contribution in [0.25, 0.3) is 0 Å². The summed E-state index contributed by atoms with van der Waals surface area (Å²) in [6, 6.07) is 8.54. The number of nitrogen functional groups attached to an aromatic ring is 1. The minimum absolute atomic E-state index is 0.141. The van der Waals surface area contributed by atoms with Crippen LogP contribution < -0.4 is 5.73 Å². The van der Waals surface area contributed by atoms with E-state index >= 15 is 0 Å². The summed E-state index contributed by atoms with van der Waals surface area (Å²) in [7, 11) is 0. The summed E-state index contributed by atoms with van der Waals surface area (Å²) in [5.74, 6) is -0.579. The molecule has 2 aromatic rings. The molecule has 98 valence electrons. The van der Waals surface area contributed by atoms with Crippen LogP contribution in [-0.2, 0) is 5.75 Å². The standard InChI is InChI=1S/C13H11ClN2O2S/c14-9-4-2-6-16-12(9)19-7-8-3-1-5-10(15)11(8)13(17)18/h1-6H,7,15H2,(H,17,18). The molecule has 0 aliphatic rings. The van der Waals surface area contributed by atoms with Gasteiger partial charge < -0.3 is 10.8 Å². The number of thioether (sulfide) groups is 1. The molecule has 0 saturated heterocycles. The number of carboxylic acid groups (broad SMARTS) is 1. The Kier molecular flexibility index (Phi) is 4.29. The van der Waals surface area contributed by atoms with E-state index in [2.05, 4.69) is 4.98 Å². The molecule has 2 rings (SSSR count). The van der Waals surface area contributed by atoms with Crippen LogP contribution in [-0.4, -0.2) is 16.1 Å². The van der Waals surface area contributed by atoms with Crippen molar-refractivity contribution in [1.29, 1.82) is 0 Å². The fourth-order valence-corrected chi connectivity index (χ4v) is 2.78. The van der Waals surface area contributed by atoms with Crippen molar-refractivity contribution in [3.05, 3.63) is 52.7 Å². The quantitative estimate of drug-likeness (QED) is 0.668. The van der Waals surface area contributed by atoms with E-state index < -0.39 is 5.97 Å². The maximum Gasteiger partial charge on any atom is 0.338 e. The predicted molar refractivity (Wildman–Crippen MR) is 76.6 cm³/mol. The molecule has 19 heavy (non-hydrogen) atoms. The molecule has 6 heteroatoms. The van der Waals surface area contributed by atoms with E-state index in [9.17, 15) is 4.79 Å². The first-order valence-electron chi connectivity index (χ1n) is 5.43. The van der Waals surface area contributed by atoms with E-state index in [4.69, 9.17) is 22.4 Å². The first-order valence-corrected chi connectivity index (χ1v) is 6.80. The van der Waals surface area contributed by atoms with Crippen LogP contribution in [0.4, 0.5) is 5.69 Å². The minimum Gasteiger partial charge on any atom is -0.478 e. The molecule has 0 aliphatic carbocycles. The first-order chi connectivity index (χ1) is 9.09. The van der Waals surface area contributed by atoms with Crippen molar-refractivity contribution < 1.29 is 9.90 Å². The molecule has 0 aliphatic heterocycles. The van der Waals surface area contributed by atoms with E-state index in [1.54, 1.807) is 36.5 Å². The Balaban J connectivity index is 2.23. The SMILES string of the molecule is Nc1cccc(CSc2ncccc2Cl)c1C(=O)O. The van der Waals surface area contributed by atoms with E-state index in [0.717, 1.165) is 0 Å². The number of carbonyl (C=O) groups is 1. The number of nitrogens with zero attached hydrogens (tertiary/aromatic N) is 1. The number of carboxylic acids is 1. The van der Waals surface area contributed by atoms with E-state index in [1.807, 2.05) is 0 Å². The van der Waals surface area contributed by atoms with Gasteiger partial charge in [0.2, 0.25) is 0 Å². The molecular formula is C13H11ClN2O2S. The molecule has 3 N–H and O–H groups in total. The Labute approximate surface area is 119 Å². The van der Waals surface area contributed by atoms with Gasteiger partial charge in [-0.1, -0.05) is 23.7 Å². The van der Waals surface area contributed by atoms with E-state index in [0.29, 0.717) is 21.4 Å². The van der Waals surface area contributed by atoms with Crippen molar-refractivity contribution >= 4 is 35.0 Å². The van der Waals surface area contributed by atoms with Crippen LogP contribution in [0.3, 0.4) is 0 Å². The molecule has 0 spiro atoms. The number of aromatic nitrogens is 1. The van der Waals surface area contributed by atoms with Crippen molar-refractivity contribution in [2.45, 2.75) is 10.8 Å². The van der Waals surface area contributed by atoms with Gasteiger partial charge in [-0.2, -0.15) is 0 Å². The van der Waals surface area contributed by atoms with Crippen molar-refractivity contribution in [3.8, 4) is 0 Å². The summed E-state index contributed by atoms with van der Waals surface area (Å²) < 4.78 is 0. The molecule has 0 saturated carbocycles. The summed E-state index contributed by atoms with van der Waals surface area (Å²) in [6.07, 6.45) is 1.64. The minimum atomic E-state index is -1.03. The number of hydrogen-bond acceptors (Lipinski definition) is 4. The maximum atomic E-state index is 11.2. The number of rotatable bonds is 4. The smallest absolute Gasteiger partial charge is 0.338 e. The second-order valence-electron chi connectivity index (χ2n) is 3.77. The summed E-state index contributed by atoms with van der Waals surface area (Å²) in [5.41, 5.74) is 6.74. The zero-order chi connectivity index (χ0) is 13.8. The number of halogens is 1. The van der Waals surface area contributed by atoms with Crippen LogP contribution in [0, 0.1) is 0 Å². The van der Waals surface area contributed by atoms with Crippen LogP contribution in [0.5, 0.6) is 0 Å². The fourth-order valence-electron chi connectivity index (χ4n) is 1.62. The molecular weight excluding hydrogens is 284 g/mol. The highest BCUT2D eigenvalue weighted by atomic mass is 35.5. The molecule has 1 aromatic heterocycles. The van der Waals surface area contributed by atoms with Gasteiger partial charge in [0.25, 0.3) is 0 Å². The van der Waals surface area contributed by atoms with Gasteiger partial charge in [0.05, 0.1) is 10.6 Å². The summed E-state index contributed by atoms with van der Waals surface area (Å²) in [5, 5.41) is 10.4. The van der Waals surface area contributed by atoms with Crippen molar-refractivity contribution in [2.75, 3.05) is 5.73 Å².